The Kier molecular flexibility index (Phi) is 16.1. The first-order valence-electron chi connectivity index (χ1n) is 21.1. The predicted molar refractivity (Wildman–Crippen MR) is 227 cm³/mol. The van der Waals surface area contributed by atoms with Crippen molar-refractivity contribution in [2.24, 2.45) is 0 Å². The van der Waals surface area contributed by atoms with Gasteiger partial charge in [0.15, 0.2) is 41.9 Å². The molecule has 69 heavy (non-hydrogen) atoms. The molecule has 10 atom stereocenters. The van der Waals surface area contributed by atoms with Crippen molar-refractivity contribution in [1.29, 1.82) is 0 Å². The Hall–Kier alpha value is -7.37. The van der Waals surface area contributed by atoms with Crippen molar-refractivity contribution >= 4 is 69.7 Å². The van der Waals surface area contributed by atoms with Crippen LogP contribution in [-0.2, 0) is 80.9 Å². The first kappa shape index (κ1) is 51.0. The molecule has 0 N–H and O–H groups in total. The molecule has 6 rings (SSSR count). The summed E-state index contributed by atoms with van der Waals surface area (Å²) in [6.45, 7) is 9.28. The molecule has 2 aliphatic heterocycles. The van der Waals surface area contributed by atoms with Crippen LogP contribution in [0.4, 0.5) is 0 Å². The summed E-state index contributed by atoms with van der Waals surface area (Å²) in [6.07, 6.45) is -15.9. The minimum absolute atomic E-state index is 0.0839. The number of fused-ring (bicyclic) bond motifs is 2. The molecule has 2 saturated heterocycles. The number of hydrogen-bond acceptors (Lipinski definition) is 23. The van der Waals surface area contributed by atoms with Crippen molar-refractivity contribution in [2.45, 2.75) is 124 Å². The van der Waals surface area contributed by atoms with Gasteiger partial charge < -0.3 is 65.7 Å². The topological polar surface area (TPSA) is 291 Å². The van der Waals surface area contributed by atoms with E-state index in [2.05, 4.69) is 0 Å². The average molecular weight is 969 g/mol. The summed E-state index contributed by atoms with van der Waals surface area (Å²) in [5, 5.41) is 1.01. The highest BCUT2D eigenvalue weighted by Gasteiger charge is 2.58. The van der Waals surface area contributed by atoms with Crippen molar-refractivity contribution in [3.63, 3.8) is 0 Å². The van der Waals surface area contributed by atoms with E-state index in [4.69, 9.17) is 65.7 Å². The van der Waals surface area contributed by atoms with E-state index in [-0.39, 0.29) is 28.2 Å². The van der Waals surface area contributed by atoms with Gasteiger partial charge in [0.2, 0.25) is 18.1 Å². The molecule has 0 aliphatic carbocycles. The lowest BCUT2D eigenvalue weighted by atomic mass is 9.96. The third kappa shape index (κ3) is 12.2. The maximum atomic E-state index is 14.2. The van der Waals surface area contributed by atoms with Crippen molar-refractivity contribution in [1.82, 2.24) is 0 Å². The first-order chi connectivity index (χ1) is 32.6. The van der Waals surface area contributed by atoms with Gasteiger partial charge in [0, 0.05) is 65.3 Å². The fourth-order valence-electron chi connectivity index (χ4n) is 7.69. The fourth-order valence-corrected chi connectivity index (χ4v) is 7.69. The van der Waals surface area contributed by atoms with Crippen LogP contribution in [0.25, 0.3) is 21.9 Å². The molecular formula is C46H48O23. The van der Waals surface area contributed by atoms with Crippen LogP contribution in [0.15, 0.2) is 56.3 Å². The van der Waals surface area contributed by atoms with Gasteiger partial charge in [0.05, 0.1) is 6.26 Å². The van der Waals surface area contributed by atoms with Crippen LogP contribution in [-0.4, -0.2) is 122 Å². The molecule has 4 heterocycles. The summed E-state index contributed by atoms with van der Waals surface area (Å²) >= 11 is 0. The van der Waals surface area contributed by atoms with Crippen molar-refractivity contribution in [3.05, 3.63) is 69.8 Å². The van der Waals surface area contributed by atoms with Crippen LogP contribution >= 0.6 is 0 Å². The molecule has 0 spiro atoms. The fraction of sp³-hybridized carbons (Fsp3) is 0.457. The number of rotatable bonds is 15. The third-order valence-corrected chi connectivity index (χ3v) is 10.4. The molecule has 23 heteroatoms. The number of aryl methyl sites for hydroxylation is 2. The Morgan fingerprint density at radius 3 is 1.62 bits per heavy atom. The molecule has 0 unspecified atom stereocenters. The predicted octanol–water partition coefficient (Wildman–Crippen LogP) is 3.37. The molecule has 370 valence electrons. The maximum Gasteiger partial charge on any atom is 0.347 e. The van der Waals surface area contributed by atoms with Gasteiger partial charge >= 0.3 is 53.4 Å². The second kappa shape index (κ2) is 21.7. The van der Waals surface area contributed by atoms with Gasteiger partial charge in [0.25, 0.3) is 0 Å². The molecule has 2 fully saturated rings. The zero-order valence-electron chi connectivity index (χ0n) is 38.6. The molecule has 0 saturated carbocycles. The minimum atomic E-state index is -1.92. The molecule has 23 nitrogen and oxygen atoms in total. The van der Waals surface area contributed by atoms with E-state index in [9.17, 15) is 43.2 Å². The van der Waals surface area contributed by atoms with Crippen molar-refractivity contribution in [2.75, 3.05) is 13.2 Å². The van der Waals surface area contributed by atoms with Crippen LogP contribution < -0.4 is 15.1 Å². The van der Waals surface area contributed by atoms with Gasteiger partial charge in [-0.25, -0.2) is 9.59 Å². The number of hydrogen-bond donors (Lipinski definition) is 0. The number of esters is 8. The molecule has 2 aliphatic rings. The van der Waals surface area contributed by atoms with E-state index in [0.29, 0.717) is 21.9 Å². The lowest BCUT2D eigenvalue weighted by Crippen LogP contribution is -2.67. The average Bonchev–Trinajstić information content (AvgIpc) is 3.62. The zero-order chi connectivity index (χ0) is 50.4. The van der Waals surface area contributed by atoms with Crippen molar-refractivity contribution < 1.29 is 104 Å². The van der Waals surface area contributed by atoms with E-state index in [1.807, 2.05) is 0 Å². The van der Waals surface area contributed by atoms with Gasteiger partial charge in [-0.15, -0.1) is 0 Å². The molecule has 2 aromatic carbocycles. The Morgan fingerprint density at radius 2 is 1.04 bits per heavy atom. The number of furan rings is 1. The van der Waals surface area contributed by atoms with Gasteiger partial charge in [-0.05, 0) is 43.2 Å². The zero-order valence-corrected chi connectivity index (χ0v) is 38.6. The lowest BCUT2D eigenvalue weighted by Gasteiger charge is -2.48. The van der Waals surface area contributed by atoms with Crippen molar-refractivity contribution in [3.8, 4) is 11.5 Å². The number of ether oxygens (including phenoxy) is 12. The second-order valence-electron chi connectivity index (χ2n) is 15.8. The van der Waals surface area contributed by atoms with Crippen LogP contribution in [0.2, 0.25) is 0 Å². The van der Waals surface area contributed by atoms with Crippen LogP contribution in [0.1, 0.15) is 70.0 Å². The number of carbonyl (C=O) groups is 8. The number of carbonyl (C=O) groups excluding carboxylic acids is 8. The Bertz CT molecular complexity index is 2700. The molecular weight excluding hydrogens is 920 g/mol. The smallest absolute Gasteiger partial charge is 0.347 e. The van der Waals surface area contributed by atoms with Crippen LogP contribution in [0.5, 0.6) is 11.5 Å². The highest BCUT2D eigenvalue weighted by atomic mass is 16.8. The summed E-state index contributed by atoms with van der Waals surface area (Å²) in [5.74, 6) is -7.97. The highest BCUT2D eigenvalue weighted by Crippen LogP contribution is 2.40. The monoisotopic (exact) mass is 968 g/mol. The summed E-state index contributed by atoms with van der Waals surface area (Å²) in [4.78, 5) is 114. The highest BCUT2D eigenvalue weighted by molar-refractivity contribution is 6.05. The van der Waals surface area contributed by atoms with Crippen LogP contribution in [0, 0.1) is 13.8 Å². The minimum Gasteiger partial charge on any atom is -0.463 e. The number of para-hydroxylation sites is 1. The van der Waals surface area contributed by atoms with Gasteiger partial charge in [-0.3, -0.25) is 33.6 Å². The summed E-state index contributed by atoms with van der Waals surface area (Å²) in [5.41, 5.74) is 0.231. The Balaban J connectivity index is 1.42. The standard InChI is InChI=1S/C46H48O23/c1-19-14-34(54)67-36-29(19)15-30-20(2)16-58-35(30)39(36)68-44(55)28-12-10-11-13-31(28)64-45-42(62-26(8)52)41(61-25(7)51)38(33(65-45)18-57-22(4)48)69-46-43(63-27(9)53)40(60-24(6)50)37(59-23(5)49)32(66-46)17-56-21(3)47/h10-16,32-33,37-38,40-43,45-46H,17-18H2,1-9H3/t32-,33-,37-,38-,40+,41+,42-,43-,45-,46-/m1/s1. The Morgan fingerprint density at radius 1 is 0.551 bits per heavy atom. The normalized spacial score (nSPS) is 24.3. The second-order valence-corrected chi connectivity index (χ2v) is 15.8. The van der Waals surface area contributed by atoms with Crippen LogP contribution in [0.3, 0.4) is 0 Å². The first-order valence-corrected chi connectivity index (χ1v) is 21.1. The third-order valence-electron chi connectivity index (χ3n) is 10.4. The van der Waals surface area contributed by atoms with Gasteiger partial charge in [0.1, 0.15) is 42.8 Å². The Labute approximate surface area is 391 Å². The molecule has 0 radical (unpaired) electrons. The summed E-state index contributed by atoms with van der Waals surface area (Å²) in [6, 6.07) is 8.59. The quantitative estimate of drug-likeness (QED) is 0.0714. The van der Waals surface area contributed by atoms with E-state index < -0.39 is 128 Å². The molecule has 4 aromatic rings. The summed E-state index contributed by atoms with van der Waals surface area (Å²) in [7, 11) is 0. The molecule has 2 aromatic heterocycles. The van der Waals surface area contributed by atoms with E-state index in [0.717, 1.165) is 48.5 Å². The maximum absolute atomic E-state index is 14.2. The van der Waals surface area contributed by atoms with E-state index in [1.54, 1.807) is 19.9 Å². The van der Waals surface area contributed by atoms with Gasteiger partial charge in [-0.2, -0.15) is 0 Å². The molecule has 0 amide bonds. The lowest BCUT2D eigenvalue weighted by molar-refractivity contribution is -0.354. The number of benzene rings is 2. The largest absolute Gasteiger partial charge is 0.463 e. The SMILES string of the molecule is CC(=O)OC[C@H]1O[C@H](O[C@H]2[C@H](OC(C)=O)[C@@H](OC(C)=O)[C@H](Oc3ccccc3C(=O)Oc3c4occ(C)c4cc4c(C)cc(=O)oc34)O[C@@H]2COC(C)=O)[C@H](OC(C)=O)[C@@H](OC(C)=O)[C@@H]1OC(C)=O. The van der Waals surface area contributed by atoms with E-state index >= 15 is 0 Å². The van der Waals surface area contributed by atoms with Gasteiger partial charge in [-0.1, -0.05) is 12.1 Å². The molecule has 0 bridgehead atoms. The van der Waals surface area contributed by atoms with E-state index in [1.165, 1.54) is 36.6 Å². The summed E-state index contributed by atoms with van der Waals surface area (Å²) < 4.78 is 80.7.